The van der Waals surface area contributed by atoms with Crippen molar-refractivity contribution in [1.82, 2.24) is 0 Å². The minimum absolute atomic E-state index is 0.124. The van der Waals surface area contributed by atoms with Gasteiger partial charge in [-0.15, -0.1) is 0 Å². The first-order valence-electron chi connectivity index (χ1n) is 24.6. The molecule has 2 aliphatic rings. The number of hydrogen-bond acceptors (Lipinski definition) is 12. The van der Waals surface area contributed by atoms with Gasteiger partial charge in [0.2, 0.25) is 0 Å². The summed E-state index contributed by atoms with van der Waals surface area (Å²) in [7, 11) is -11.8. The van der Waals surface area contributed by atoms with E-state index < -0.39 is 58.1 Å². The molecule has 2 aliphatic heterocycles. The molecule has 2 heterocycles. The molecule has 0 radical (unpaired) electrons. The van der Waals surface area contributed by atoms with Crippen LogP contribution in [0.3, 0.4) is 0 Å². The summed E-state index contributed by atoms with van der Waals surface area (Å²) >= 11 is -7.39. The van der Waals surface area contributed by atoms with E-state index in [1.165, 1.54) is 167 Å². The molecule has 2 fully saturated rings. The number of hydrogen-bond donors (Lipinski definition) is 0. The Morgan fingerprint density at radius 3 is 0.831 bits per heavy atom. The van der Waals surface area contributed by atoms with E-state index in [9.17, 15) is 13.7 Å². The van der Waals surface area contributed by atoms with E-state index in [1.807, 2.05) is 0 Å². The zero-order valence-electron chi connectivity index (χ0n) is 38.0. The fraction of sp³-hybridized carbons (Fsp3) is 1.00. The molecule has 59 heavy (non-hydrogen) atoms. The Hall–Kier alpha value is 1.60. The summed E-state index contributed by atoms with van der Waals surface area (Å²) in [5, 5.41) is 0. The molecule has 0 aromatic heterocycles. The van der Waals surface area contributed by atoms with Crippen molar-refractivity contribution in [3.8, 4) is 0 Å². The maximum atomic E-state index is 13.8. The second kappa shape index (κ2) is 37.8. The van der Waals surface area contributed by atoms with Gasteiger partial charge in [-0.2, -0.15) is 0 Å². The van der Waals surface area contributed by atoms with Crippen molar-refractivity contribution in [3.05, 3.63) is 0 Å². The van der Waals surface area contributed by atoms with Gasteiger partial charge in [-0.25, -0.2) is 0 Å². The monoisotopic (exact) mass is 1010 g/mol. The predicted molar refractivity (Wildman–Crippen MR) is 242 cm³/mol. The normalized spacial score (nSPS) is 16.1. The van der Waals surface area contributed by atoms with Crippen LogP contribution in [0.15, 0.2) is 0 Å². The zero-order valence-corrected chi connectivity index (χ0v) is 45.5. The van der Waals surface area contributed by atoms with Crippen LogP contribution < -0.4 is 0 Å². The van der Waals surface area contributed by atoms with Gasteiger partial charge in [0.15, 0.2) is 0 Å². The number of phosphoric acid groups is 3. The van der Waals surface area contributed by atoms with Gasteiger partial charge in [-0.3, -0.25) is 0 Å². The SMILES string of the molecule is CCCCCCCCCCCCCCOP1(=O)[O][Ga]([O]P(=O)(OCCCCCCCCCCCCCC)[O][Ga]2[O]P(=O)(OCCCCCCCCCCCCCC)[O]2)[O]1. The fourth-order valence-corrected chi connectivity index (χ4v) is 26.0. The summed E-state index contributed by atoms with van der Waals surface area (Å²) in [6.45, 7) is 7.37. The molecule has 12 nitrogen and oxygen atoms in total. The van der Waals surface area contributed by atoms with Crippen molar-refractivity contribution in [1.29, 1.82) is 0 Å². The van der Waals surface area contributed by atoms with E-state index in [0.29, 0.717) is 6.42 Å². The summed E-state index contributed by atoms with van der Waals surface area (Å²) < 4.78 is 89.0. The number of rotatable bonds is 46. The van der Waals surface area contributed by atoms with E-state index >= 15 is 0 Å². The Morgan fingerprint density at radius 1 is 0.356 bits per heavy atom. The molecule has 0 bridgehead atoms. The second-order valence-corrected chi connectivity index (χ2v) is 31.8. The van der Waals surface area contributed by atoms with Crippen molar-refractivity contribution in [2.24, 2.45) is 0 Å². The molecule has 0 aromatic carbocycles. The summed E-state index contributed by atoms with van der Waals surface area (Å²) in [4.78, 5) is 0. The van der Waals surface area contributed by atoms with Gasteiger partial charge < -0.3 is 0 Å². The third-order valence-corrected chi connectivity index (χ3v) is 31.4. The molecule has 0 unspecified atom stereocenters. The minimum atomic E-state index is -4.26. The second-order valence-electron chi connectivity index (χ2n) is 16.7. The molecule has 0 atom stereocenters. The standard InChI is InChI=1S/3C14H31O4P.2Ga/c3*1-2-3-4-5-6-7-8-9-10-11-12-13-14-18-19(15,16)17;;/h3*2-14H2,1H3,(H2,15,16,17);;/q;;;2*+3/p-6. The van der Waals surface area contributed by atoms with Crippen molar-refractivity contribution in [2.45, 2.75) is 252 Å². The molecule has 0 aromatic rings. The van der Waals surface area contributed by atoms with Crippen LogP contribution >= 0.6 is 23.5 Å². The van der Waals surface area contributed by atoms with Crippen LogP contribution in [0.1, 0.15) is 252 Å². The van der Waals surface area contributed by atoms with Gasteiger partial charge in [0.25, 0.3) is 0 Å². The Labute approximate surface area is 374 Å². The third-order valence-electron chi connectivity index (χ3n) is 11.0. The van der Waals surface area contributed by atoms with Crippen molar-refractivity contribution >= 4 is 58.1 Å². The molecule has 0 saturated carbocycles. The van der Waals surface area contributed by atoms with Crippen molar-refractivity contribution in [3.63, 3.8) is 0 Å². The topological polar surface area (TPSA) is 134 Å². The summed E-state index contributed by atoms with van der Waals surface area (Å²) in [5.41, 5.74) is 0. The van der Waals surface area contributed by atoms with Crippen LogP contribution in [0.2, 0.25) is 0 Å². The molecular formula is C42H87Ga2O12P3. The van der Waals surface area contributed by atoms with E-state index in [-0.39, 0.29) is 19.8 Å². The first-order valence-corrected chi connectivity index (χ1v) is 34.9. The van der Waals surface area contributed by atoms with Crippen molar-refractivity contribution in [2.75, 3.05) is 19.8 Å². The van der Waals surface area contributed by atoms with Gasteiger partial charge in [-0.05, 0) is 0 Å². The quantitative estimate of drug-likeness (QED) is 0.0326. The average molecular weight is 1020 g/mol. The molecule has 2 rings (SSSR count). The molecule has 0 spiro atoms. The summed E-state index contributed by atoms with van der Waals surface area (Å²) in [6, 6.07) is 0. The molecule has 2 saturated heterocycles. The van der Waals surface area contributed by atoms with Gasteiger partial charge >= 0.3 is 279 Å². The van der Waals surface area contributed by atoms with Gasteiger partial charge in [0, 0.05) is 0 Å². The van der Waals surface area contributed by atoms with Crippen molar-refractivity contribution < 1.29 is 47.2 Å². The van der Waals surface area contributed by atoms with E-state index in [0.717, 1.165) is 57.8 Å². The van der Waals surface area contributed by atoms with Crippen LogP contribution in [-0.2, 0) is 47.2 Å². The molecule has 348 valence electrons. The van der Waals surface area contributed by atoms with E-state index in [4.69, 9.17) is 33.5 Å². The van der Waals surface area contributed by atoms with Crippen LogP contribution in [0.4, 0.5) is 0 Å². The molecule has 0 aliphatic carbocycles. The zero-order chi connectivity index (χ0) is 42.6. The Morgan fingerprint density at radius 2 is 0.576 bits per heavy atom. The van der Waals surface area contributed by atoms with E-state index in [1.54, 1.807) is 0 Å². The van der Waals surface area contributed by atoms with Crippen LogP contribution in [0, 0.1) is 0 Å². The summed E-state index contributed by atoms with van der Waals surface area (Å²) in [6.07, 6.45) is 43.3. The predicted octanol–water partition coefficient (Wildman–Crippen LogP) is 16.6. The van der Waals surface area contributed by atoms with Crippen LogP contribution in [0.5, 0.6) is 0 Å². The molecule has 0 N–H and O–H groups in total. The fourth-order valence-electron chi connectivity index (χ4n) is 7.29. The Balaban J connectivity index is 1.64. The van der Waals surface area contributed by atoms with Crippen LogP contribution in [-0.4, -0.2) is 54.4 Å². The Kier molecular flexibility index (Phi) is 36.3. The maximum absolute atomic E-state index is 13.8. The van der Waals surface area contributed by atoms with Crippen LogP contribution in [0.25, 0.3) is 0 Å². The molecule has 17 heteroatoms. The van der Waals surface area contributed by atoms with Gasteiger partial charge in [0.1, 0.15) is 0 Å². The Bertz CT molecular complexity index is 1040. The van der Waals surface area contributed by atoms with Gasteiger partial charge in [-0.1, -0.05) is 97.8 Å². The van der Waals surface area contributed by atoms with Gasteiger partial charge in [0.05, 0.1) is 0 Å². The number of unbranched alkanes of at least 4 members (excludes halogenated alkanes) is 33. The summed E-state index contributed by atoms with van der Waals surface area (Å²) in [5.74, 6) is 0. The molecular weight excluding hydrogens is 929 g/mol. The average Bonchev–Trinajstić information content (AvgIpc) is 3.19. The first kappa shape index (κ1) is 56.7. The van der Waals surface area contributed by atoms with E-state index in [2.05, 4.69) is 20.8 Å². The third kappa shape index (κ3) is 31.2. The molecule has 0 amide bonds. The first-order chi connectivity index (χ1) is 28.8.